The van der Waals surface area contributed by atoms with E-state index in [1.165, 1.54) is 5.57 Å². The summed E-state index contributed by atoms with van der Waals surface area (Å²) in [6, 6.07) is 0. The fourth-order valence-electron chi connectivity index (χ4n) is 1.28. The van der Waals surface area contributed by atoms with Gasteiger partial charge in [0.1, 0.15) is 0 Å². The molecule has 0 saturated carbocycles. The van der Waals surface area contributed by atoms with Crippen LogP contribution in [0.25, 0.3) is 0 Å². The van der Waals surface area contributed by atoms with Crippen LogP contribution < -0.4 is 0 Å². The molecule has 0 aromatic carbocycles. The molecule has 0 amide bonds. The molecule has 3 nitrogen and oxygen atoms in total. The molecule has 0 aromatic heterocycles. The zero-order valence-electron chi connectivity index (χ0n) is 6.36. The van der Waals surface area contributed by atoms with Crippen molar-refractivity contribution < 1.29 is 0 Å². The summed E-state index contributed by atoms with van der Waals surface area (Å²) in [5, 5.41) is 7.77. The van der Waals surface area contributed by atoms with E-state index in [9.17, 15) is 0 Å². The molecule has 2 rings (SSSR count). The van der Waals surface area contributed by atoms with Crippen molar-refractivity contribution >= 4 is 18.3 Å². The normalized spacial score (nSPS) is 27.5. The van der Waals surface area contributed by atoms with Crippen LogP contribution >= 0.6 is 0 Å². The van der Waals surface area contributed by atoms with E-state index in [1.54, 1.807) is 6.21 Å². The summed E-state index contributed by atoms with van der Waals surface area (Å²) in [4.78, 5) is 4.14. The van der Waals surface area contributed by atoms with Crippen molar-refractivity contribution in [2.75, 3.05) is 0 Å². The first-order chi connectivity index (χ1) is 5.38. The Kier molecular flexibility index (Phi) is 1.42. The van der Waals surface area contributed by atoms with Gasteiger partial charge in [0.2, 0.25) is 0 Å². The average molecular weight is 147 g/mol. The Balaban J connectivity index is 2.37. The van der Waals surface area contributed by atoms with Crippen LogP contribution in [0.1, 0.15) is 13.3 Å². The smallest absolute Gasteiger partial charge is 0.158 e. The minimum Gasteiger partial charge on any atom is -0.239 e. The van der Waals surface area contributed by atoms with Gasteiger partial charge in [-0.25, -0.2) is 4.99 Å². The maximum atomic E-state index is 4.14. The number of fused-ring (bicyclic) bond motifs is 1. The fraction of sp³-hybridized carbons (Fsp3) is 0.375. The van der Waals surface area contributed by atoms with Gasteiger partial charge in [0, 0.05) is 18.3 Å². The number of nitrogens with zero attached hydrogens (tertiary/aromatic N) is 3. The third-order valence-corrected chi connectivity index (χ3v) is 1.99. The molecule has 2 aliphatic heterocycles. The van der Waals surface area contributed by atoms with E-state index in [4.69, 9.17) is 0 Å². The van der Waals surface area contributed by atoms with Crippen LogP contribution in [0.15, 0.2) is 26.8 Å². The summed E-state index contributed by atoms with van der Waals surface area (Å²) in [6.45, 7) is 2.10. The molecule has 0 fully saturated rings. The molecule has 0 aliphatic carbocycles. The Hall–Kier alpha value is -1.25. The Morgan fingerprint density at radius 2 is 2.45 bits per heavy atom. The molecule has 0 radical (unpaired) electrons. The van der Waals surface area contributed by atoms with Crippen molar-refractivity contribution in [1.82, 2.24) is 0 Å². The molecule has 0 aromatic rings. The lowest BCUT2D eigenvalue weighted by molar-refractivity contribution is 0.815. The lowest BCUT2D eigenvalue weighted by Gasteiger charge is -2.18. The van der Waals surface area contributed by atoms with Crippen molar-refractivity contribution in [3.8, 4) is 0 Å². The highest BCUT2D eigenvalue weighted by molar-refractivity contribution is 6.00. The van der Waals surface area contributed by atoms with Gasteiger partial charge >= 0.3 is 0 Å². The van der Waals surface area contributed by atoms with Gasteiger partial charge in [0.15, 0.2) is 5.84 Å². The molecule has 56 valence electrons. The van der Waals surface area contributed by atoms with Gasteiger partial charge < -0.3 is 0 Å². The molecule has 0 spiro atoms. The number of rotatable bonds is 0. The Labute approximate surface area is 65.2 Å². The number of hydrogen-bond donors (Lipinski definition) is 0. The summed E-state index contributed by atoms with van der Waals surface area (Å²) in [5.41, 5.74) is 1.32. The SMILES string of the molecule is CC1=CC=NC2=NN=CCC12. The highest BCUT2D eigenvalue weighted by Crippen LogP contribution is 2.21. The van der Waals surface area contributed by atoms with E-state index in [1.807, 2.05) is 12.3 Å². The molecular weight excluding hydrogens is 138 g/mol. The van der Waals surface area contributed by atoms with Crippen LogP contribution in [0.4, 0.5) is 0 Å². The summed E-state index contributed by atoms with van der Waals surface area (Å²) in [6.07, 6.45) is 6.60. The average Bonchev–Trinajstić information content (AvgIpc) is 2.06. The topological polar surface area (TPSA) is 37.1 Å². The monoisotopic (exact) mass is 147 g/mol. The van der Waals surface area contributed by atoms with Crippen LogP contribution in [0.3, 0.4) is 0 Å². The number of allylic oxidation sites excluding steroid dienone is 1. The molecule has 0 saturated heterocycles. The Bertz CT molecular complexity index is 284. The van der Waals surface area contributed by atoms with Crippen molar-refractivity contribution in [3.05, 3.63) is 11.6 Å². The lowest BCUT2D eigenvalue weighted by Crippen LogP contribution is -2.19. The molecule has 2 aliphatic rings. The summed E-state index contributed by atoms with van der Waals surface area (Å²) >= 11 is 0. The number of aliphatic imine (C=N–C) groups is 1. The Morgan fingerprint density at radius 1 is 1.55 bits per heavy atom. The van der Waals surface area contributed by atoms with E-state index < -0.39 is 0 Å². The van der Waals surface area contributed by atoms with Crippen molar-refractivity contribution in [2.24, 2.45) is 21.1 Å². The standard InChI is InChI=1S/C8H9N3/c1-6-2-4-9-8-7(6)3-5-10-11-8/h2,4-5,7H,3H2,1H3. The summed E-state index contributed by atoms with van der Waals surface area (Å²) in [5.74, 6) is 1.24. The van der Waals surface area contributed by atoms with Crippen LogP contribution in [-0.2, 0) is 0 Å². The second-order valence-corrected chi connectivity index (χ2v) is 2.73. The van der Waals surface area contributed by atoms with Gasteiger partial charge in [-0.15, -0.1) is 5.10 Å². The molecule has 2 heterocycles. The quantitative estimate of drug-likeness (QED) is 0.497. The van der Waals surface area contributed by atoms with E-state index in [2.05, 4.69) is 22.1 Å². The van der Waals surface area contributed by atoms with Crippen LogP contribution in [-0.4, -0.2) is 18.3 Å². The predicted octanol–water partition coefficient (Wildman–Crippen LogP) is 1.42. The van der Waals surface area contributed by atoms with Crippen LogP contribution in [0.5, 0.6) is 0 Å². The van der Waals surface area contributed by atoms with Gasteiger partial charge in [-0.2, -0.15) is 5.10 Å². The molecular formula is C8H9N3. The number of dihydropyridines is 1. The van der Waals surface area contributed by atoms with Gasteiger partial charge in [-0.05, 0) is 19.4 Å². The second kappa shape index (κ2) is 2.42. The van der Waals surface area contributed by atoms with E-state index >= 15 is 0 Å². The van der Waals surface area contributed by atoms with Crippen LogP contribution in [0.2, 0.25) is 0 Å². The largest absolute Gasteiger partial charge is 0.239 e. The van der Waals surface area contributed by atoms with Crippen LogP contribution in [0, 0.1) is 5.92 Å². The zero-order chi connectivity index (χ0) is 7.68. The summed E-state index contributed by atoms with van der Waals surface area (Å²) < 4.78 is 0. The van der Waals surface area contributed by atoms with Crippen molar-refractivity contribution in [1.29, 1.82) is 0 Å². The Morgan fingerprint density at radius 3 is 3.27 bits per heavy atom. The lowest BCUT2D eigenvalue weighted by atomic mass is 9.94. The van der Waals surface area contributed by atoms with E-state index in [0.29, 0.717) is 5.92 Å². The number of hydrogen-bond acceptors (Lipinski definition) is 3. The molecule has 3 heteroatoms. The predicted molar refractivity (Wildman–Crippen MR) is 46.3 cm³/mol. The number of amidine groups is 1. The molecule has 1 unspecified atom stereocenters. The third-order valence-electron chi connectivity index (χ3n) is 1.99. The minimum atomic E-state index is 0.387. The highest BCUT2D eigenvalue weighted by atomic mass is 15.2. The van der Waals surface area contributed by atoms with Gasteiger partial charge in [-0.3, -0.25) is 0 Å². The molecule has 11 heavy (non-hydrogen) atoms. The van der Waals surface area contributed by atoms with Gasteiger partial charge in [-0.1, -0.05) is 5.57 Å². The summed E-state index contributed by atoms with van der Waals surface area (Å²) in [7, 11) is 0. The minimum absolute atomic E-state index is 0.387. The van der Waals surface area contributed by atoms with Gasteiger partial charge in [0.25, 0.3) is 0 Å². The maximum absolute atomic E-state index is 4.14. The molecule has 0 bridgehead atoms. The van der Waals surface area contributed by atoms with E-state index in [0.717, 1.165) is 12.3 Å². The fourth-order valence-corrected chi connectivity index (χ4v) is 1.28. The first-order valence-corrected chi connectivity index (χ1v) is 3.68. The van der Waals surface area contributed by atoms with E-state index in [-0.39, 0.29) is 0 Å². The first-order valence-electron chi connectivity index (χ1n) is 3.68. The zero-order valence-corrected chi connectivity index (χ0v) is 6.36. The second-order valence-electron chi connectivity index (χ2n) is 2.73. The molecule has 0 N–H and O–H groups in total. The molecule has 1 atom stereocenters. The maximum Gasteiger partial charge on any atom is 0.158 e. The first kappa shape index (κ1) is 6.46. The highest BCUT2D eigenvalue weighted by Gasteiger charge is 2.20. The third kappa shape index (κ3) is 1.02. The van der Waals surface area contributed by atoms with Crippen molar-refractivity contribution in [2.45, 2.75) is 13.3 Å². The van der Waals surface area contributed by atoms with Gasteiger partial charge in [0.05, 0.1) is 0 Å². The van der Waals surface area contributed by atoms with Crippen molar-refractivity contribution in [3.63, 3.8) is 0 Å².